The average Bonchev–Trinajstić information content (AvgIpc) is 3.19. The van der Waals surface area contributed by atoms with Crippen LogP contribution in [-0.2, 0) is 27.5 Å². The number of hydrogen-bond donors (Lipinski definition) is 3. The van der Waals surface area contributed by atoms with Crippen LogP contribution in [0, 0.1) is 23.6 Å². The lowest BCUT2D eigenvalue weighted by Crippen LogP contribution is -2.70. The number of ether oxygens (including phenoxy) is 3. The van der Waals surface area contributed by atoms with E-state index in [0.29, 0.717) is 29.9 Å². The number of aliphatic hydroxyl groups is 2. The number of nitrogens with zero attached hydrogens (tertiary/aromatic N) is 2. The van der Waals surface area contributed by atoms with Gasteiger partial charge in [0.1, 0.15) is 30.0 Å². The van der Waals surface area contributed by atoms with Crippen LogP contribution in [0.4, 0.5) is 9.18 Å². The van der Waals surface area contributed by atoms with Gasteiger partial charge < -0.3 is 34.4 Å². The van der Waals surface area contributed by atoms with E-state index in [0.717, 1.165) is 42.4 Å². The van der Waals surface area contributed by atoms with E-state index in [1.54, 1.807) is 48.2 Å². The van der Waals surface area contributed by atoms with Crippen LogP contribution in [0.15, 0.2) is 102 Å². The zero-order chi connectivity index (χ0) is 38.8. The summed E-state index contributed by atoms with van der Waals surface area (Å²) in [5.74, 6) is -2.03. The minimum absolute atomic E-state index is 0.00790. The first-order valence-corrected chi connectivity index (χ1v) is 19.4. The number of unbranched alkanes of at least 4 members (excludes halogenated alkanes) is 2. The molecule has 1 fully saturated rings. The Morgan fingerprint density at radius 2 is 1.76 bits per heavy atom. The van der Waals surface area contributed by atoms with Gasteiger partial charge in [-0.3, -0.25) is 4.90 Å². The number of oxime groups is 1. The summed E-state index contributed by atoms with van der Waals surface area (Å²) in [6.07, 6.45) is 7.92. The lowest BCUT2D eigenvalue weighted by Gasteiger charge is -2.59. The Morgan fingerprint density at radius 1 is 1.02 bits per heavy atom. The van der Waals surface area contributed by atoms with Gasteiger partial charge in [-0.15, -0.1) is 6.58 Å². The van der Waals surface area contributed by atoms with Crippen LogP contribution in [0.1, 0.15) is 74.5 Å². The summed E-state index contributed by atoms with van der Waals surface area (Å²) in [7, 11) is 0. The summed E-state index contributed by atoms with van der Waals surface area (Å²) in [5, 5.41) is 35.4. The Labute approximate surface area is 322 Å². The second kappa shape index (κ2) is 18.8. The fraction of sp³-hybridized carbons (Fsp3) is 0.455. The molecule has 0 saturated heterocycles. The summed E-state index contributed by atoms with van der Waals surface area (Å²) in [4.78, 5) is 21.9. The van der Waals surface area contributed by atoms with Crippen molar-refractivity contribution in [3.05, 3.63) is 120 Å². The molecule has 0 radical (unpaired) electrons. The number of hydrogen-bond acceptors (Lipinski definition) is 9. The van der Waals surface area contributed by atoms with Crippen molar-refractivity contribution in [2.24, 2.45) is 22.9 Å². The molecule has 1 heterocycles. The van der Waals surface area contributed by atoms with Gasteiger partial charge in [0.25, 0.3) is 0 Å². The third-order valence-electron chi connectivity index (χ3n) is 11.1. The monoisotopic (exact) mass is 756 g/mol. The van der Waals surface area contributed by atoms with Crippen LogP contribution in [0.5, 0.6) is 11.5 Å². The van der Waals surface area contributed by atoms with Crippen molar-refractivity contribution < 1.29 is 43.6 Å². The molecule has 3 N–H and O–H groups in total. The largest absolute Gasteiger partial charge is 0.508 e. The minimum atomic E-state index is -1.49. The fourth-order valence-corrected chi connectivity index (χ4v) is 8.71. The number of allylic oxidation sites excluding steroid dienone is 1. The van der Waals surface area contributed by atoms with Crippen molar-refractivity contribution in [2.45, 2.75) is 82.8 Å². The molecule has 11 heteroatoms. The molecular weight excluding hydrogens is 703 g/mol. The van der Waals surface area contributed by atoms with Crippen molar-refractivity contribution in [3.63, 3.8) is 0 Å². The third kappa shape index (κ3) is 8.90. The third-order valence-corrected chi connectivity index (χ3v) is 11.1. The van der Waals surface area contributed by atoms with Gasteiger partial charge in [0.05, 0.1) is 24.8 Å². The Bertz CT molecular complexity index is 1800. The number of aliphatic hydroxyl groups excluding tert-OH is 2. The first-order valence-electron chi connectivity index (χ1n) is 19.4. The summed E-state index contributed by atoms with van der Waals surface area (Å²) >= 11 is 0. The Hall–Kier alpha value is -4.71. The molecule has 0 aromatic heterocycles. The predicted molar refractivity (Wildman–Crippen MR) is 207 cm³/mol. The molecule has 0 spiro atoms. The maximum absolute atomic E-state index is 14.2. The molecule has 6 atom stereocenters. The lowest BCUT2D eigenvalue weighted by atomic mass is 9.55. The van der Waals surface area contributed by atoms with Crippen molar-refractivity contribution >= 4 is 11.8 Å². The van der Waals surface area contributed by atoms with Gasteiger partial charge in [-0.05, 0) is 91.5 Å². The Morgan fingerprint density at radius 3 is 2.47 bits per heavy atom. The van der Waals surface area contributed by atoms with Crippen LogP contribution in [0.2, 0.25) is 0 Å². The highest BCUT2D eigenvalue weighted by Crippen LogP contribution is 2.62. The van der Waals surface area contributed by atoms with Crippen molar-refractivity contribution in [2.75, 3.05) is 26.4 Å². The number of carbonyl (C=O) groups excluding carboxylic acids is 1. The van der Waals surface area contributed by atoms with Crippen LogP contribution in [-0.4, -0.2) is 70.3 Å². The van der Waals surface area contributed by atoms with E-state index in [9.17, 15) is 24.5 Å². The molecule has 10 nitrogen and oxygen atoms in total. The quantitative estimate of drug-likeness (QED) is 0.0676. The number of benzene rings is 3. The van der Waals surface area contributed by atoms with E-state index in [1.165, 1.54) is 12.1 Å². The van der Waals surface area contributed by atoms with E-state index in [1.807, 2.05) is 30.3 Å². The summed E-state index contributed by atoms with van der Waals surface area (Å²) < 4.78 is 33.9. The highest BCUT2D eigenvalue weighted by atomic mass is 19.1. The fourth-order valence-electron chi connectivity index (χ4n) is 8.71. The van der Waals surface area contributed by atoms with Crippen LogP contribution >= 0.6 is 0 Å². The van der Waals surface area contributed by atoms with Gasteiger partial charge in [-0.25, -0.2) is 9.18 Å². The first kappa shape index (κ1) is 40.0. The highest BCUT2D eigenvalue weighted by Gasteiger charge is 2.65. The summed E-state index contributed by atoms with van der Waals surface area (Å²) in [6, 6.07) is 20.0. The Balaban J connectivity index is 1.58. The molecule has 55 heavy (non-hydrogen) atoms. The van der Waals surface area contributed by atoms with E-state index in [2.05, 4.69) is 12.7 Å². The molecule has 294 valence electrons. The zero-order valence-electron chi connectivity index (χ0n) is 31.5. The smallest absolute Gasteiger partial charge is 0.410 e. The van der Waals surface area contributed by atoms with Gasteiger partial charge in [0.15, 0.2) is 0 Å². The second-order valence-electron chi connectivity index (χ2n) is 14.5. The van der Waals surface area contributed by atoms with Crippen LogP contribution < -0.4 is 4.74 Å². The summed E-state index contributed by atoms with van der Waals surface area (Å²) in [6.45, 7) is 6.37. The molecule has 6 rings (SSSR count). The van der Waals surface area contributed by atoms with Gasteiger partial charge in [-0.1, -0.05) is 72.6 Å². The molecule has 0 unspecified atom stereocenters. The number of fused-ring (bicyclic) bond motifs is 2. The number of carbonyl (C=O) groups is 1. The average molecular weight is 757 g/mol. The Kier molecular flexibility index (Phi) is 13.6. The number of halogens is 1. The first-order chi connectivity index (χ1) is 26.8. The van der Waals surface area contributed by atoms with Crippen molar-refractivity contribution in [1.29, 1.82) is 0 Å². The molecule has 3 aromatic rings. The highest BCUT2D eigenvalue weighted by molar-refractivity contribution is 6.03. The zero-order valence-corrected chi connectivity index (χ0v) is 31.5. The predicted octanol–water partition coefficient (Wildman–Crippen LogP) is 8.02. The number of aromatic hydroxyl groups is 1. The standard InChI is InChI=1S/C44H53FN2O8/c1-3-24-53-44-40(47(43(51)52-4-2)28-30-16-18-33(45)19-17-30)27-38(46-54-29-31-12-6-5-7-13-31)36-25-32(14-8-10-22-48)35(15-9-11-23-49)41(42(36)44)37-26-34(50)20-21-39(37)55-44/h3,5-7,12-13,16-21,25-26,32,35,40-42,48-50H,1,4,8-11,14-15,22-24,27-29H2,2H3/t32-,35+,40-,41+,42+,44+/m0/s1. The minimum Gasteiger partial charge on any atom is -0.508 e. The van der Waals surface area contributed by atoms with E-state index < -0.39 is 29.7 Å². The van der Waals surface area contributed by atoms with E-state index in [4.69, 9.17) is 24.2 Å². The molecule has 3 aromatic carbocycles. The molecule has 1 saturated carbocycles. The number of phenolic OH excluding ortho intramolecular Hbond substituents is 1. The lowest BCUT2D eigenvalue weighted by molar-refractivity contribution is -0.256. The number of phenols is 1. The molecule has 1 amide bonds. The van der Waals surface area contributed by atoms with Crippen molar-refractivity contribution in [3.8, 4) is 11.5 Å². The molecule has 2 aliphatic carbocycles. The van der Waals surface area contributed by atoms with E-state index in [-0.39, 0.29) is 69.5 Å². The normalized spacial score (nSPS) is 24.5. The van der Waals surface area contributed by atoms with Crippen LogP contribution in [0.3, 0.4) is 0 Å². The number of rotatable bonds is 18. The second-order valence-corrected chi connectivity index (χ2v) is 14.5. The van der Waals surface area contributed by atoms with E-state index >= 15 is 0 Å². The van der Waals surface area contributed by atoms with Crippen molar-refractivity contribution in [1.82, 2.24) is 4.90 Å². The topological polar surface area (TPSA) is 130 Å². The molecule has 0 bridgehead atoms. The van der Waals surface area contributed by atoms with Gasteiger partial charge in [-0.2, -0.15) is 0 Å². The SMILES string of the molecule is C=CCO[C@@]12Oc3ccc(O)cc3[C@H]3[C@H](CCCCO)[C@@H](CCCCO)C=C(C(=NOCc4ccccc4)C[C@@H]1N(Cc1ccc(F)cc1)C(=O)OCC)[C@H]32. The summed E-state index contributed by atoms with van der Waals surface area (Å²) in [5.41, 5.74) is 3.96. The molecule has 3 aliphatic rings. The maximum atomic E-state index is 14.2. The molecular formula is C44H53FN2O8. The number of amides is 1. The van der Waals surface area contributed by atoms with Crippen LogP contribution in [0.25, 0.3) is 0 Å². The van der Waals surface area contributed by atoms with Gasteiger partial charge in [0.2, 0.25) is 5.79 Å². The molecule has 1 aliphatic heterocycles. The maximum Gasteiger partial charge on any atom is 0.410 e. The van der Waals surface area contributed by atoms with Gasteiger partial charge >= 0.3 is 6.09 Å². The van der Waals surface area contributed by atoms with Gasteiger partial charge in [0, 0.05) is 37.7 Å².